The van der Waals surface area contributed by atoms with Crippen LogP contribution in [0.4, 0.5) is 4.79 Å². The number of benzene rings is 2. The van der Waals surface area contributed by atoms with Crippen LogP contribution < -0.4 is 5.73 Å². The highest BCUT2D eigenvalue weighted by Crippen LogP contribution is 2.20. The van der Waals surface area contributed by atoms with Gasteiger partial charge in [0.15, 0.2) is 0 Å². The molecule has 0 spiro atoms. The van der Waals surface area contributed by atoms with Crippen molar-refractivity contribution in [3.05, 3.63) is 71.9 Å². The van der Waals surface area contributed by atoms with Crippen LogP contribution in [0.1, 0.15) is 31.9 Å². The van der Waals surface area contributed by atoms with E-state index in [9.17, 15) is 14.4 Å². The molecule has 2 aromatic carbocycles. The molecular weight excluding hydrogens is 394 g/mol. The van der Waals surface area contributed by atoms with Crippen LogP contribution in [0.3, 0.4) is 0 Å². The first-order valence-electron chi connectivity index (χ1n) is 10.1. The maximum absolute atomic E-state index is 13.1. The number of carbonyl (C=O) groups excluding carboxylic acids is 3. The molecule has 0 aliphatic carbocycles. The van der Waals surface area contributed by atoms with Crippen LogP contribution in [-0.4, -0.2) is 39.4 Å². The van der Waals surface area contributed by atoms with E-state index in [-0.39, 0.29) is 12.8 Å². The van der Waals surface area contributed by atoms with Gasteiger partial charge in [-0.25, -0.2) is 4.79 Å². The first-order chi connectivity index (χ1) is 14.7. The molecule has 7 nitrogen and oxygen atoms in total. The van der Waals surface area contributed by atoms with Crippen molar-refractivity contribution in [2.24, 2.45) is 5.73 Å². The quantitative estimate of drug-likeness (QED) is 0.655. The molecule has 0 aliphatic heterocycles. The van der Waals surface area contributed by atoms with Crippen molar-refractivity contribution in [3.8, 4) is 0 Å². The normalized spacial score (nSPS) is 12.4. The van der Waals surface area contributed by atoms with E-state index < -0.39 is 29.6 Å². The highest BCUT2D eigenvalue weighted by atomic mass is 16.6. The van der Waals surface area contributed by atoms with E-state index in [1.807, 2.05) is 30.3 Å². The number of amides is 3. The van der Waals surface area contributed by atoms with Crippen LogP contribution in [0, 0.1) is 0 Å². The smallest absolute Gasteiger partial charge is 0.424 e. The maximum atomic E-state index is 13.1. The molecule has 3 aromatic rings. The number of H-pyrrole nitrogens is 1. The Kier molecular flexibility index (Phi) is 6.56. The molecule has 3 amide bonds. The SMILES string of the molecule is CC(C)(C)OC(=O)N(C(=O)Cc1ccccc1)C(=O)[C@@H](N)Cc1c[nH]c2ccccc12. The number of ether oxygens (including phenoxy) is 1. The first-order valence-corrected chi connectivity index (χ1v) is 10.1. The summed E-state index contributed by atoms with van der Waals surface area (Å²) in [4.78, 5) is 42.5. The van der Waals surface area contributed by atoms with Gasteiger partial charge in [0.05, 0.1) is 12.5 Å². The first kappa shape index (κ1) is 22.2. The predicted octanol–water partition coefficient (Wildman–Crippen LogP) is 3.57. The fourth-order valence-electron chi connectivity index (χ4n) is 3.26. The van der Waals surface area contributed by atoms with E-state index >= 15 is 0 Å². The summed E-state index contributed by atoms with van der Waals surface area (Å²) in [5, 5.41) is 0.935. The minimum absolute atomic E-state index is 0.119. The van der Waals surface area contributed by atoms with Gasteiger partial charge in [-0.05, 0) is 44.4 Å². The van der Waals surface area contributed by atoms with Crippen LogP contribution in [0.5, 0.6) is 0 Å². The van der Waals surface area contributed by atoms with Crippen LogP contribution >= 0.6 is 0 Å². The van der Waals surface area contributed by atoms with Gasteiger partial charge in [-0.15, -0.1) is 0 Å². The number of rotatable bonds is 5. The molecular formula is C24H27N3O4. The van der Waals surface area contributed by atoms with E-state index in [1.165, 1.54) is 0 Å². The van der Waals surface area contributed by atoms with E-state index in [0.717, 1.165) is 16.5 Å². The number of nitrogens with zero attached hydrogens (tertiary/aromatic N) is 1. The Morgan fingerprint density at radius 3 is 2.35 bits per heavy atom. The van der Waals surface area contributed by atoms with Gasteiger partial charge < -0.3 is 15.5 Å². The summed E-state index contributed by atoms with van der Waals surface area (Å²) in [6.07, 6.45) is 0.807. The lowest BCUT2D eigenvalue weighted by atomic mass is 10.0. The Balaban J connectivity index is 1.83. The summed E-state index contributed by atoms with van der Waals surface area (Å²) in [6.45, 7) is 5.00. The van der Waals surface area contributed by atoms with Crippen molar-refractivity contribution >= 4 is 28.8 Å². The molecule has 0 radical (unpaired) electrons. The Morgan fingerprint density at radius 1 is 1.03 bits per heavy atom. The summed E-state index contributed by atoms with van der Waals surface area (Å²) in [7, 11) is 0. The number of fused-ring (bicyclic) bond motifs is 1. The highest BCUT2D eigenvalue weighted by molar-refractivity contribution is 6.11. The van der Waals surface area contributed by atoms with Crippen LogP contribution in [-0.2, 0) is 27.2 Å². The lowest BCUT2D eigenvalue weighted by molar-refractivity contribution is -0.143. The van der Waals surface area contributed by atoms with Crippen molar-refractivity contribution in [1.29, 1.82) is 0 Å². The zero-order chi connectivity index (χ0) is 22.6. The zero-order valence-corrected chi connectivity index (χ0v) is 17.9. The van der Waals surface area contributed by atoms with Crippen molar-refractivity contribution in [2.45, 2.75) is 45.3 Å². The predicted molar refractivity (Wildman–Crippen MR) is 118 cm³/mol. The number of aromatic nitrogens is 1. The Morgan fingerprint density at radius 2 is 1.68 bits per heavy atom. The van der Waals surface area contributed by atoms with Gasteiger partial charge in [-0.1, -0.05) is 48.5 Å². The summed E-state index contributed by atoms with van der Waals surface area (Å²) in [5.41, 5.74) is 7.72. The van der Waals surface area contributed by atoms with Crippen molar-refractivity contribution in [1.82, 2.24) is 9.88 Å². The minimum atomic E-state index is -1.09. The van der Waals surface area contributed by atoms with Crippen LogP contribution in [0.15, 0.2) is 60.8 Å². The molecule has 3 N–H and O–H groups in total. The lowest BCUT2D eigenvalue weighted by Crippen LogP contribution is -2.52. The molecule has 1 atom stereocenters. The summed E-state index contributed by atoms with van der Waals surface area (Å²) >= 11 is 0. The molecule has 1 heterocycles. The summed E-state index contributed by atoms with van der Waals surface area (Å²) in [5.74, 6) is -1.47. The number of imide groups is 3. The second-order valence-corrected chi connectivity index (χ2v) is 8.38. The van der Waals surface area contributed by atoms with Crippen LogP contribution in [0.2, 0.25) is 0 Å². The van der Waals surface area contributed by atoms with Crippen molar-refractivity contribution in [3.63, 3.8) is 0 Å². The monoisotopic (exact) mass is 421 g/mol. The molecule has 0 saturated carbocycles. The largest absolute Gasteiger partial charge is 0.443 e. The fraction of sp³-hybridized carbons (Fsp3) is 0.292. The molecule has 31 heavy (non-hydrogen) atoms. The third kappa shape index (κ3) is 5.58. The van der Waals surface area contributed by atoms with Gasteiger partial charge in [0.2, 0.25) is 5.91 Å². The number of hydrogen-bond donors (Lipinski definition) is 2. The molecule has 0 aliphatic rings. The van der Waals surface area contributed by atoms with E-state index in [1.54, 1.807) is 51.2 Å². The Labute approximate surface area is 181 Å². The summed E-state index contributed by atoms with van der Waals surface area (Å²) in [6, 6.07) is 15.4. The van der Waals surface area contributed by atoms with E-state index in [2.05, 4.69) is 4.98 Å². The van der Waals surface area contributed by atoms with Gasteiger partial charge in [0.1, 0.15) is 5.60 Å². The zero-order valence-electron chi connectivity index (χ0n) is 17.9. The second kappa shape index (κ2) is 9.14. The standard InChI is InChI=1S/C24H27N3O4/c1-24(2,3)31-23(30)27(21(28)13-16-9-5-4-6-10-16)22(29)19(25)14-17-15-26-20-12-8-7-11-18(17)20/h4-12,15,19,26H,13-14,25H2,1-3H3/t19-/m0/s1. The molecule has 0 bridgehead atoms. The van der Waals surface area contributed by atoms with Gasteiger partial charge in [0.25, 0.3) is 5.91 Å². The molecule has 162 valence electrons. The number of nitrogens with one attached hydrogen (secondary N) is 1. The number of carbonyl (C=O) groups is 3. The fourth-order valence-corrected chi connectivity index (χ4v) is 3.26. The third-order valence-corrected chi connectivity index (χ3v) is 4.68. The molecule has 0 unspecified atom stereocenters. The van der Waals surface area contributed by atoms with Gasteiger partial charge in [-0.2, -0.15) is 4.90 Å². The third-order valence-electron chi connectivity index (χ3n) is 4.68. The van der Waals surface area contributed by atoms with E-state index in [0.29, 0.717) is 10.5 Å². The molecule has 0 fully saturated rings. The summed E-state index contributed by atoms with van der Waals surface area (Å²) < 4.78 is 5.32. The Hall–Kier alpha value is -3.45. The molecule has 3 rings (SSSR count). The van der Waals surface area contributed by atoms with Gasteiger partial charge in [0, 0.05) is 17.1 Å². The number of hydrogen-bond acceptors (Lipinski definition) is 5. The topological polar surface area (TPSA) is 105 Å². The minimum Gasteiger partial charge on any atom is -0.443 e. The second-order valence-electron chi connectivity index (χ2n) is 8.38. The van der Waals surface area contributed by atoms with Crippen molar-refractivity contribution < 1.29 is 19.1 Å². The molecule has 0 saturated heterocycles. The van der Waals surface area contributed by atoms with Gasteiger partial charge >= 0.3 is 6.09 Å². The van der Waals surface area contributed by atoms with E-state index in [4.69, 9.17) is 10.5 Å². The van der Waals surface area contributed by atoms with Crippen LogP contribution in [0.25, 0.3) is 10.9 Å². The number of nitrogens with two attached hydrogens (primary N) is 1. The average Bonchev–Trinajstić information content (AvgIpc) is 3.10. The number of aromatic amines is 1. The maximum Gasteiger partial charge on any atom is 0.424 e. The molecule has 7 heteroatoms. The highest BCUT2D eigenvalue weighted by Gasteiger charge is 2.35. The number of para-hydroxylation sites is 1. The average molecular weight is 421 g/mol. The lowest BCUT2D eigenvalue weighted by Gasteiger charge is -2.26. The van der Waals surface area contributed by atoms with Crippen molar-refractivity contribution in [2.75, 3.05) is 0 Å². The van der Waals surface area contributed by atoms with Gasteiger partial charge in [-0.3, -0.25) is 9.59 Å². The molecule has 1 aromatic heterocycles. The Bertz CT molecular complexity index is 1080.